The van der Waals surface area contributed by atoms with Crippen LogP contribution in [0.1, 0.15) is 12.8 Å². The van der Waals surface area contributed by atoms with E-state index in [1.165, 1.54) is 23.7 Å². The summed E-state index contributed by atoms with van der Waals surface area (Å²) < 4.78 is 35.5. The van der Waals surface area contributed by atoms with Gasteiger partial charge in [0.1, 0.15) is 44.4 Å². The van der Waals surface area contributed by atoms with E-state index >= 15 is 0 Å². The Hall–Kier alpha value is -7.06. The number of aryl methyl sites for hydroxylation is 2. The number of aromatic nitrogens is 4. The summed E-state index contributed by atoms with van der Waals surface area (Å²) in [6, 6.07) is 20.0. The predicted molar refractivity (Wildman–Crippen MR) is 187 cm³/mol. The van der Waals surface area contributed by atoms with Gasteiger partial charge in [0, 0.05) is 35.6 Å². The Kier molecular flexibility index (Phi) is 12.4. The molecule has 0 bridgehead atoms. The Bertz CT molecular complexity index is 2710. The number of nitro benzene ring substituents is 2. The van der Waals surface area contributed by atoms with E-state index in [0.29, 0.717) is 11.4 Å². The Morgan fingerprint density at radius 2 is 1.09 bits per heavy atom. The van der Waals surface area contributed by atoms with Crippen molar-refractivity contribution in [2.75, 3.05) is 0 Å². The normalized spacial score (nSPS) is 11.3. The third-order valence-electron chi connectivity index (χ3n) is 7.18. The van der Waals surface area contributed by atoms with Crippen molar-refractivity contribution < 1.29 is 51.8 Å². The molecular formula is C32H24CrN10O11S. The minimum absolute atomic E-state index is 0. The maximum atomic E-state index is 12.6. The molecule has 4 aromatic carbocycles. The molecule has 0 unspecified atom stereocenters. The van der Waals surface area contributed by atoms with E-state index in [1.54, 1.807) is 31.2 Å². The molecule has 0 aliphatic carbocycles. The first kappa shape index (κ1) is 40.7. The second kappa shape index (κ2) is 16.7. The van der Waals surface area contributed by atoms with Crippen LogP contribution >= 0.6 is 0 Å². The van der Waals surface area contributed by atoms with Crippen LogP contribution in [-0.2, 0) is 27.5 Å². The van der Waals surface area contributed by atoms with Gasteiger partial charge in [-0.3, -0.25) is 29.8 Å². The van der Waals surface area contributed by atoms with Crippen molar-refractivity contribution in [2.45, 2.75) is 18.7 Å². The van der Waals surface area contributed by atoms with Crippen molar-refractivity contribution in [2.24, 2.45) is 20.5 Å². The Morgan fingerprint density at radius 3 is 1.53 bits per heavy atom. The van der Waals surface area contributed by atoms with Gasteiger partial charge in [0.05, 0.1) is 14.7 Å². The van der Waals surface area contributed by atoms with Gasteiger partial charge < -0.3 is 34.3 Å². The van der Waals surface area contributed by atoms with E-state index in [1.807, 2.05) is 6.07 Å². The van der Waals surface area contributed by atoms with Crippen LogP contribution in [0.25, 0.3) is 11.4 Å². The molecule has 0 atom stereocenters. The van der Waals surface area contributed by atoms with Crippen LogP contribution in [0.4, 0.5) is 34.1 Å². The number of para-hydroxylation sites is 1. The molecule has 0 radical (unpaired) electrons. The largest absolute Gasteiger partial charge is 2.00 e. The average Bonchev–Trinajstić information content (AvgIpc) is 3.59. The molecule has 23 heteroatoms. The van der Waals surface area contributed by atoms with Gasteiger partial charge in [-0.05, 0) is 42.5 Å². The van der Waals surface area contributed by atoms with Crippen molar-refractivity contribution in [1.82, 2.24) is 19.6 Å². The number of aromatic hydroxyl groups is 2. The smallest absolute Gasteiger partial charge is 0.744 e. The first-order valence-corrected chi connectivity index (χ1v) is 16.4. The molecule has 280 valence electrons. The third kappa shape index (κ3) is 9.31. The van der Waals surface area contributed by atoms with Crippen LogP contribution in [-0.4, -0.2) is 42.4 Å². The van der Waals surface area contributed by atoms with Gasteiger partial charge in [0.2, 0.25) is 0 Å². The quantitative estimate of drug-likeness (QED) is 0.0814. The number of nitro groups is 2. The number of phenols is 2. The first-order chi connectivity index (χ1) is 25.5. The summed E-state index contributed by atoms with van der Waals surface area (Å²) in [5.74, 6) is -0.667. The maximum absolute atomic E-state index is 12.6. The van der Waals surface area contributed by atoms with Gasteiger partial charge in [0.25, 0.3) is 22.5 Å². The van der Waals surface area contributed by atoms with E-state index in [4.69, 9.17) is 0 Å². The topological polar surface area (TPSA) is 306 Å². The minimum Gasteiger partial charge on any atom is -0.744 e. The van der Waals surface area contributed by atoms with E-state index in [9.17, 15) is 53.0 Å². The Morgan fingerprint density at radius 1 is 0.655 bits per heavy atom. The fourth-order valence-corrected chi connectivity index (χ4v) is 5.04. The van der Waals surface area contributed by atoms with Crippen molar-refractivity contribution >= 4 is 44.2 Å². The number of nitrogens with zero attached hydrogens (tertiary/aromatic N) is 10. The zero-order valence-corrected chi connectivity index (χ0v) is 30.1. The molecule has 2 aromatic heterocycles. The summed E-state index contributed by atoms with van der Waals surface area (Å²) in [6.45, 7) is 3.04. The van der Waals surface area contributed by atoms with Gasteiger partial charge in [-0.15, -0.1) is 31.8 Å². The molecule has 0 aliphatic rings. The minimum atomic E-state index is -4.73. The SMILES string of the molecule is Cc1[n-]n(-c2cccc(S(=O)(=O)[O-])c2)c(=O)c1N=Nc1cc([N+](=O)[O-])ccc1O.Cc1[n-]n(-c2ccccc2)c(=O)c1N=Nc1cc([N+](=O)[O-])ccc1O.[Cr+2].[H+]. The van der Waals surface area contributed by atoms with E-state index in [2.05, 4.69) is 30.7 Å². The summed E-state index contributed by atoms with van der Waals surface area (Å²) in [7, 11) is -4.73. The second-order valence-electron chi connectivity index (χ2n) is 10.8. The number of non-ortho nitro benzene ring substituents is 2. The molecule has 0 saturated carbocycles. The van der Waals surface area contributed by atoms with Gasteiger partial charge in [0.15, 0.2) is 0 Å². The molecule has 2 heterocycles. The first-order valence-electron chi connectivity index (χ1n) is 15.0. The van der Waals surface area contributed by atoms with Crippen LogP contribution in [0, 0.1) is 34.1 Å². The predicted octanol–water partition coefficient (Wildman–Crippen LogP) is 5.28. The molecule has 6 rings (SSSR count). The molecule has 0 saturated heterocycles. The fourth-order valence-electron chi connectivity index (χ4n) is 4.53. The van der Waals surface area contributed by atoms with Crippen LogP contribution in [0.2, 0.25) is 0 Å². The number of hydrogen-bond acceptors (Lipinski definition) is 15. The second-order valence-corrected chi connectivity index (χ2v) is 12.2. The average molecular weight is 809 g/mol. The summed E-state index contributed by atoms with van der Waals surface area (Å²) in [5.41, 5.74) is -1.32. The molecule has 55 heavy (non-hydrogen) atoms. The zero-order valence-electron chi connectivity index (χ0n) is 29.0. The van der Waals surface area contributed by atoms with Crippen LogP contribution in [0.3, 0.4) is 0 Å². The Balaban J connectivity index is 0.000000293. The molecule has 2 N–H and O–H groups in total. The zero-order chi connectivity index (χ0) is 39.3. The standard InChI is InChI=1S/C16H13N5O7S.C16H13N5O4.Cr/c1-9-15(18-17-13-8-11(21(24)25)5-6-14(13)22)16(23)20(19-9)10-3-2-4-12(7-10)29(26,27)28;1-10-15(16(23)20(19-10)11-5-3-2-4-6-11)18-17-13-9-12(21(24)25)7-8-14(13)22;/h2-8H,1H3,(H3,17,18,19,22,23,26,27,28);2-9H,1H3,(H2,17,18,19,22,23);/q;;+2/p-2. The summed E-state index contributed by atoms with van der Waals surface area (Å²) in [6.07, 6.45) is 0. The van der Waals surface area contributed by atoms with Crippen LogP contribution in [0.15, 0.2) is 126 Å². The number of phenolic OH excluding ortho intramolecular Hbond substituents is 2. The Labute approximate surface area is 320 Å². The molecule has 0 spiro atoms. The summed E-state index contributed by atoms with van der Waals surface area (Å²) >= 11 is 0. The van der Waals surface area contributed by atoms with Gasteiger partial charge in [-0.25, -0.2) is 8.42 Å². The van der Waals surface area contributed by atoms with E-state index in [0.717, 1.165) is 53.2 Å². The summed E-state index contributed by atoms with van der Waals surface area (Å²) in [4.78, 5) is 44.8. The monoisotopic (exact) mass is 808 g/mol. The van der Waals surface area contributed by atoms with Crippen molar-refractivity contribution in [3.05, 3.63) is 143 Å². The number of benzene rings is 4. The molecule has 0 amide bonds. The van der Waals surface area contributed by atoms with Crippen molar-refractivity contribution in [1.29, 1.82) is 0 Å². The van der Waals surface area contributed by atoms with Crippen LogP contribution < -0.4 is 21.3 Å². The number of hydrogen-bond donors (Lipinski definition) is 2. The summed E-state index contributed by atoms with van der Waals surface area (Å²) in [5, 5.41) is 64.2. The van der Waals surface area contributed by atoms with Crippen molar-refractivity contribution in [3.8, 4) is 22.9 Å². The van der Waals surface area contributed by atoms with Crippen LogP contribution in [0.5, 0.6) is 11.5 Å². The van der Waals surface area contributed by atoms with Gasteiger partial charge in [-0.2, -0.15) is 0 Å². The molecule has 0 aliphatic heterocycles. The number of rotatable bonds is 9. The molecule has 0 fully saturated rings. The van der Waals surface area contributed by atoms with E-state index in [-0.39, 0.29) is 75.8 Å². The fraction of sp³-hybridized carbons (Fsp3) is 0.0625. The van der Waals surface area contributed by atoms with E-state index < -0.39 is 36.0 Å². The third-order valence-corrected chi connectivity index (χ3v) is 8.01. The number of azo groups is 2. The molecule has 21 nitrogen and oxygen atoms in total. The maximum Gasteiger partial charge on any atom is 2.00 e. The molecular weight excluding hydrogens is 784 g/mol. The van der Waals surface area contributed by atoms with Gasteiger partial charge >= 0.3 is 18.8 Å². The molecule has 6 aromatic rings. The van der Waals surface area contributed by atoms with Crippen molar-refractivity contribution in [3.63, 3.8) is 0 Å². The van der Waals surface area contributed by atoms with Gasteiger partial charge in [-0.1, -0.05) is 38.1 Å².